The Balaban J connectivity index is 2.20. The summed E-state index contributed by atoms with van der Waals surface area (Å²) in [7, 11) is 0. The molecule has 0 radical (unpaired) electrons. The molecule has 0 aliphatic heterocycles. The largest absolute Gasteiger partial charge is 0.508 e. The highest BCUT2D eigenvalue weighted by molar-refractivity contribution is 5.32. The van der Waals surface area contributed by atoms with Crippen LogP contribution in [0.1, 0.15) is 5.56 Å². The maximum absolute atomic E-state index is 13.7. The van der Waals surface area contributed by atoms with Crippen molar-refractivity contribution < 1.29 is 23.7 Å². The molecule has 2 rings (SSSR count). The van der Waals surface area contributed by atoms with Crippen molar-refractivity contribution in [2.24, 2.45) is 0 Å². The lowest BCUT2D eigenvalue weighted by atomic mass is 10.2. The second-order valence-electron chi connectivity index (χ2n) is 3.66. The molecule has 2 N–H and O–H groups in total. The summed E-state index contributed by atoms with van der Waals surface area (Å²) in [6.07, 6.45) is -3.51. The third-order valence-corrected chi connectivity index (χ3v) is 2.29. The van der Waals surface area contributed by atoms with Crippen LogP contribution in [0.4, 0.5) is 8.78 Å². The molecule has 0 saturated heterocycles. The number of rotatable bonds is 3. The van der Waals surface area contributed by atoms with E-state index >= 15 is 0 Å². The fraction of sp³-hybridized carbons (Fsp3) is 0.0769. The van der Waals surface area contributed by atoms with Crippen LogP contribution >= 0.6 is 0 Å². The smallest absolute Gasteiger partial charge is 0.426 e. The minimum Gasteiger partial charge on any atom is -0.508 e. The van der Waals surface area contributed by atoms with E-state index in [0.717, 1.165) is 24.3 Å². The Kier molecular flexibility index (Phi) is 3.06. The predicted octanol–water partition coefficient (Wildman–Crippen LogP) is 3.23. The van der Waals surface area contributed by atoms with Crippen molar-refractivity contribution in [1.29, 1.82) is 0 Å². The van der Waals surface area contributed by atoms with Crippen molar-refractivity contribution in [3.63, 3.8) is 0 Å². The molecule has 0 aromatic heterocycles. The maximum atomic E-state index is 13.7. The number of alkyl halides is 2. The summed E-state index contributed by atoms with van der Waals surface area (Å²) in [4.78, 5) is 0. The van der Waals surface area contributed by atoms with E-state index in [1.54, 1.807) is 0 Å². The first-order chi connectivity index (χ1) is 8.47. The molecule has 0 fully saturated rings. The van der Waals surface area contributed by atoms with Crippen LogP contribution in [0.3, 0.4) is 0 Å². The van der Waals surface area contributed by atoms with Gasteiger partial charge in [0.15, 0.2) is 0 Å². The fourth-order valence-electron chi connectivity index (χ4n) is 1.38. The average Bonchev–Trinajstić information content (AvgIpc) is 2.32. The third-order valence-electron chi connectivity index (χ3n) is 2.29. The highest BCUT2D eigenvalue weighted by Gasteiger charge is 2.34. The van der Waals surface area contributed by atoms with Gasteiger partial charge in [-0.15, -0.1) is 0 Å². The number of hydrogen-bond donors (Lipinski definition) is 2. The Morgan fingerprint density at radius 3 is 1.72 bits per heavy atom. The van der Waals surface area contributed by atoms with E-state index in [4.69, 9.17) is 10.2 Å². The van der Waals surface area contributed by atoms with Crippen LogP contribution in [0, 0.1) is 0 Å². The van der Waals surface area contributed by atoms with Gasteiger partial charge in [-0.2, -0.15) is 8.78 Å². The first-order valence-electron chi connectivity index (χ1n) is 5.13. The summed E-state index contributed by atoms with van der Waals surface area (Å²) in [6.45, 7) is 0. The number of aromatic hydroxyl groups is 2. The van der Waals surface area contributed by atoms with E-state index in [1.807, 2.05) is 0 Å². The first-order valence-corrected chi connectivity index (χ1v) is 5.13. The summed E-state index contributed by atoms with van der Waals surface area (Å²) in [6, 6.07) is 9.45. The van der Waals surface area contributed by atoms with Crippen LogP contribution in [0.5, 0.6) is 17.2 Å². The lowest BCUT2D eigenvalue weighted by molar-refractivity contribution is -0.185. The quantitative estimate of drug-likeness (QED) is 0.881. The van der Waals surface area contributed by atoms with Crippen molar-refractivity contribution in [3.8, 4) is 17.2 Å². The maximum Gasteiger partial charge on any atom is 0.426 e. The number of ether oxygens (including phenoxy) is 1. The second kappa shape index (κ2) is 4.52. The Morgan fingerprint density at radius 2 is 1.22 bits per heavy atom. The Labute approximate surface area is 102 Å². The molecule has 94 valence electrons. The van der Waals surface area contributed by atoms with Gasteiger partial charge in [0.05, 0.1) is 5.56 Å². The molecular weight excluding hydrogens is 242 g/mol. The summed E-state index contributed by atoms with van der Waals surface area (Å²) < 4.78 is 32.0. The summed E-state index contributed by atoms with van der Waals surface area (Å²) in [5, 5.41) is 18.1. The molecule has 0 saturated carbocycles. The number of hydrogen-bond acceptors (Lipinski definition) is 3. The Hall–Kier alpha value is -2.30. The number of halogens is 2. The molecule has 0 heterocycles. The molecule has 2 aromatic rings. The van der Waals surface area contributed by atoms with E-state index in [-0.39, 0.29) is 22.8 Å². The van der Waals surface area contributed by atoms with Gasteiger partial charge in [0.2, 0.25) is 0 Å². The molecule has 0 atom stereocenters. The molecule has 0 unspecified atom stereocenters. The van der Waals surface area contributed by atoms with E-state index < -0.39 is 6.11 Å². The molecular formula is C13H10F2O3. The minimum absolute atomic E-state index is 0.0321. The number of benzene rings is 2. The van der Waals surface area contributed by atoms with Gasteiger partial charge in [-0.05, 0) is 48.5 Å². The normalized spacial score (nSPS) is 11.2. The molecule has 0 spiro atoms. The molecule has 0 aliphatic rings. The van der Waals surface area contributed by atoms with Gasteiger partial charge in [0, 0.05) is 0 Å². The zero-order chi connectivity index (χ0) is 13.2. The zero-order valence-electron chi connectivity index (χ0n) is 9.18. The van der Waals surface area contributed by atoms with Gasteiger partial charge in [0.25, 0.3) is 0 Å². The number of phenolic OH excluding ortho intramolecular Hbond substituents is 2. The molecule has 0 amide bonds. The molecule has 5 heteroatoms. The second-order valence-corrected chi connectivity index (χ2v) is 3.66. The van der Waals surface area contributed by atoms with Crippen molar-refractivity contribution in [2.75, 3.05) is 0 Å². The van der Waals surface area contributed by atoms with Crippen LogP contribution in [0.15, 0.2) is 48.5 Å². The van der Waals surface area contributed by atoms with E-state index in [2.05, 4.69) is 4.74 Å². The van der Waals surface area contributed by atoms with Gasteiger partial charge >= 0.3 is 6.11 Å². The average molecular weight is 252 g/mol. The van der Waals surface area contributed by atoms with Crippen molar-refractivity contribution in [3.05, 3.63) is 54.1 Å². The van der Waals surface area contributed by atoms with Crippen LogP contribution < -0.4 is 4.74 Å². The summed E-state index contributed by atoms with van der Waals surface area (Å²) >= 11 is 0. The van der Waals surface area contributed by atoms with Crippen LogP contribution in [0.25, 0.3) is 0 Å². The SMILES string of the molecule is Oc1ccc(OC(F)(F)c2ccc(O)cc2)cc1. The van der Waals surface area contributed by atoms with Gasteiger partial charge in [0.1, 0.15) is 17.2 Å². The third kappa shape index (κ3) is 2.68. The minimum atomic E-state index is -3.51. The fourth-order valence-corrected chi connectivity index (χ4v) is 1.38. The highest BCUT2D eigenvalue weighted by Crippen LogP contribution is 2.32. The topological polar surface area (TPSA) is 49.7 Å². The Bertz CT molecular complexity index is 521. The first kappa shape index (κ1) is 12.2. The lowest BCUT2D eigenvalue weighted by Crippen LogP contribution is -2.21. The van der Waals surface area contributed by atoms with Gasteiger partial charge in [-0.25, -0.2) is 0 Å². The number of phenols is 2. The van der Waals surface area contributed by atoms with E-state index in [9.17, 15) is 8.78 Å². The molecule has 18 heavy (non-hydrogen) atoms. The van der Waals surface area contributed by atoms with Crippen LogP contribution in [-0.4, -0.2) is 10.2 Å². The van der Waals surface area contributed by atoms with Crippen molar-refractivity contribution in [2.45, 2.75) is 6.11 Å². The zero-order valence-corrected chi connectivity index (χ0v) is 9.18. The molecule has 3 nitrogen and oxygen atoms in total. The molecule has 2 aromatic carbocycles. The van der Waals surface area contributed by atoms with Gasteiger partial charge in [-0.1, -0.05) is 0 Å². The van der Waals surface area contributed by atoms with E-state index in [1.165, 1.54) is 24.3 Å². The monoisotopic (exact) mass is 252 g/mol. The molecule has 0 aliphatic carbocycles. The predicted molar refractivity (Wildman–Crippen MR) is 60.7 cm³/mol. The molecule has 0 bridgehead atoms. The summed E-state index contributed by atoms with van der Waals surface area (Å²) in [5.74, 6) is -0.194. The van der Waals surface area contributed by atoms with Crippen molar-refractivity contribution in [1.82, 2.24) is 0 Å². The standard InChI is InChI=1S/C13H10F2O3/c14-13(15,9-1-3-10(16)4-2-9)18-12-7-5-11(17)6-8-12/h1-8,16-17H. The van der Waals surface area contributed by atoms with Gasteiger partial charge in [-0.3, -0.25) is 0 Å². The summed E-state index contributed by atoms with van der Waals surface area (Å²) in [5.41, 5.74) is -0.367. The lowest BCUT2D eigenvalue weighted by Gasteiger charge is -2.18. The van der Waals surface area contributed by atoms with Crippen LogP contribution in [0.2, 0.25) is 0 Å². The van der Waals surface area contributed by atoms with Gasteiger partial charge < -0.3 is 14.9 Å². The Morgan fingerprint density at radius 1 is 0.778 bits per heavy atom. The highest BCUT2D eigenvalue weighted by atomic mass is 19.3. The van der Waals surface area contributed by atoms with Crippen molar-refractivity contribution >= 4 is 0 Å². The van der Waals surface area contributed by atoms with E-state index in [0.29, 0.717) is 0 Å². The van der Waals surface area contributed by atoms with Crippen LogP contribution in [-0.2, 0) is 6.11 Å².